The fraction of sp³-hybridized carbons (Fsp3) is 0.462. The third-order valence-electron chi connectivity index (χ3n) is 2.53. The van der Waals surface area contributed by atoms with E-state index in [-0.39, 0.29) is 16.5 Å². The normalized spacial score (nSPS) is 12.9. The summed E-state index contributed by atoms with van der Waals surface area (Å²) < 4.78 is 36.3. The summed E-state index contributed by atoms with van der Waals surface area (Å²) in [4.78, 5) is 11.7. The zero-order valence-corrected chi connectivity index (χ0v) is 13.4. The molecule has 0 aliphatic heterocycles. The topological polar surface area (TPSA) is 81.7 Å². The first-order valence-corrected chi connectivity index (χ1v) is 8.25. The molecule has 1 amide bonds. The highest BCUT2D eigenvalue weighted by Crippen LogP contribution is 2.20. The van der Waals surface area contributed by atoms with E-state index in [1.807, 2.05) is 11.6 Å². The Bertz CT molecular complexity index is 576. The summed E-state index contributed by atoms with van der Waals surface area (Å²) >= 11 is 5.81. The number of hydrogen-bond acceptors (Lipinski definition) is 5. The highest BCUT2D eigenvalue weighted by Gasteiger charge is 2.23. The minimum absolute atomic E-state index is 0.0442. The number of nitrogens with one attached hydrogen (secondary N) is 1. The van der Waals surface area contributed by atoms with Crippen LogP contribution in [0.5, 0.6) is 0 Å². The Labute approximate surface area is 129 Å². The van der Waals surface area contributed by atoms with Crippen molar-refractivity contribution in [1.29, 1.82) is 0 Å². The number of benzene rings is 1. The van der Waals surface area contributed by atoms with Gasteiger partial charge in [-0.1, -0.05) is 23.7 Å². The number of rotatable bonds is 8. The molecule has 21 heavy (non-hydrogen) atoms. The fourth-order valence-electron chi connectivity index (χ4n) is 1.44. The van der Waals surface area contributed by atoms with E-state index in [4.69, 9.17) is 21.1 Å². The SMILES string of the molecule is CCOCCO[C@@H](C)C(=O)NS(=O)(=O)c1ccccc1Cl. The third-order valence-corrected chi connectivity index (χ3v) is 4.38. The lowest BCUT2D eigenvalue weighted by molar-refractivity contribution is -0.130. The number of hydrogen-bond donors (Lipinski definition) is 1. The lowest BCUT2D eigenvalue weighted by atomic mass is 10.4. The maximum absolute atomic E-state index is 12.0. The van der Waals surface area contributed by atoms with E-state index >= 15 is 0 Å². The van der Waals surface area contributed by atoms with Crippen LogP contribution in [0.1, 0.15) is 13.8 Å². The molecule has 0 aliphatic rings. The molecule has 0 fully saturated rings. The molecular weight excluding hydrogens is 318 g/mol. The van der Waals surface area contributed by atoms with Gasteiger partial charge >= 0.3 is 0 Å². The van der Waals surface area contributed by atoms with E-state index in [1.165, 1.54) is 25.1 Å². The predicted molar refractivity (Wildman–Crippen MR) is 78.7 cm³/mol. The van der Waals surface area contributed by atoms with Crippen LogP contribution in [-0.2, 0) is 24.3 Å². The van der Waals surface area contributed by atoms with Crippen molar-refractivity contribution in [3.05, 3.63) is 29.3 Å². The van der Waals surface area contributed by atoms with Crippen LogP contribution in [-0.4, -0.2) is 40.2 Å². The standard InChI is InChI=1S/C13H18ClNO5S/c1-3-19-8-9-20-10(2)13(16)15-21(17,18)12-7-5-4-6-11(12)14/h4-7,10H,3,8-9H2,1-2H3,(H,15,16)/t10-/m0/s1. The lowest BCUT2D eigenvalue weighted by Crippen LogP contribution is -2.39. The van der Waals surface area contributed by atoms with Crippen LogP contribution in [0, 0.1) is 0 Å². The minimum Gasteiger partial charge on any atom is -0.379 e. The van der Waals surface area contributed by atoms with Gasteiger partial charge in [-0.2, -0.15) is 0 Å². The van der Waals surface area contributed by atoms with Crippen molar-refractivity contribution < 1.29 is 22.7 Å². The van der Waals surface area contributed by atoms with E-state index in [9.17, 15) is 13.2 Å². The molecule has 1 aromatic rings. The first kappa shape index (κ1) is 17.9. The van der Waals surface area contributed by atoms with Gasteiger partial charge in [0.1, 0.15) is 11.0 Å². The van der Waals surface area contributed by atoms with Crippen molar-refractivity contribution in [1.82, 2.24) is 4.72 Å². The Morgan fingerprint density at radius 3 is 2.62 bits per heavy atom. The van der Waals surface area contributed by atoms with Gasteiger partial charge in [-0.05, 0) is 26.0 Å². The minimum atomic E-state index is -4.01. The van der Waals surface area contributed by atoms with Crippen molar-refractivity contribution in [3.63, 3.8) is 0 Å². The summed E-state index contributed by atoms with van der Waals surface area (Å²) in [6.07, 6.45) is -0.914. The maximum atomic E-state index is 12.0. The highest BCUT2D eigenvalue weighted by molar-refractivity contribution is 7.90. The monoisotopic (exact) mass is 335 g/mol. The molecule has 1 N–H and O–H groups in total. The molecule has 118 valence electrons. The maximum Gasteiger partial charge on any atom is 0.265 e. The number of amides is 1. The summed E-state index contributed by atoms with van der Waals surface area (Å²) in [5.41, 5.74) is 0. The molecule has 6 nitrogen and oxygen atoms in total. The Morgan fingerprint density at radius 2 is 2.00 bits per heavy atom. The van der Waals surface area contributed by atoms with E-state index in [2.05, 4.69) is 0 Å². The zero-order valence-electron chi connectivity index (χ0n) is 11.8. The third kappa shape index (κ3) is 5.62. The number of carbonyl (C=O) groups is 1. The second-order valence-corrected chi connectivity index (χ2v) is 6.17. The van der Waals surface area contributed by atoms with Crippen LogP contribution >= 0.6 is 11.6 Å². The van der Waals surface area contributed by atoms with Crippen molar-refractivity contribution >= 4 is 27.5 Å². The molecule has 0 aromatic heterocycles. The first-order valence-electron chi connectivity index (χ1n) is 6.39. The molecule has 0 aliphatic carbocycles. The van der Waals surface area contributed by atoms with Gasteiger partial charge in [-0.15, -0.1) is 0 Å². The summed E-state index contributed by atoms with van der Waals surface area (Å²) in [6.45, 7) is 4.39. The van der Waals surface area contributed by atoms with Crippen LogP contribution in [0.4, 0.5) is 0 Å². The Morgan fingerprint density at radius 1 is 1.33 bits per heavy atom. The highest BCUT2D eigenvalue weighted by atomic mass is 35.5. The van der Waals surface area contributed by atoms with Crippen LogP contribution in [0.2, 0.25) is 5.02 Å². The largest absolute Gasteiger partial charge is 0.379 e. The van der Waals surface area contributed by atoms with Gasteiger partial charge < -0.3 is 9.47 Å². The van der Waals surface area contributed by atoms with Gasteiger partial charge in [0, 0.05) is 6.61 Å². The molecule has 1 rings (SSSR count). The van der Waals surface area contributed by atoms with Crippen LogP contribution in [0.3, 0.4) is 0 Å². The summed E-state index contributed by atoms with van der Waals surface area (Å²) in [6, 6.07) is 5.87. The summed E-state index contributed by atoms with van der Waals surface area (Å²) in [5.74, 6) is -0.758. The van der Waals surface area contributed by atoms with Crippen LogP contribution in [0.15, 0.2) is 29.2 Å². The molecule has 1 aromatic carbocycles. The van der Waals surface area contributed by atoms with Crippen LogP contribution < -0.4 is 4.72 Å². The number of halogens is 1. The van der Waals surface area contributed by atoms with Crippen molar-refractivity contribution in [2.75, 3.05) is 19.8 Å². The molecular formula is C13H18ClNO5S. The Balaban J connectivity index is 2.63. The molecule has 0 spiro atoms. The van der Waals surface area contributed by atoms with Gasteiger partial charge in [0.2, 0.25) is 0 Å². The molecule has 0 saturated carbocycles. The van der Waals surface area contributed by atoms with Crippen molar-refractivity contribution in [2.24, 2.45) is 0 Å². The lowest BCUT2D eigenvalue weighted by Gasteiger charge is -2.14. The molecule has 0 heterocycles. The molecule has 0 saturated heterocycles. The van der Waals surface area contributed by atoms with Gasteiger partial charge in [-0.25, -0.2) is 13.1 Å². The fourth-order valence-corrected chi connectivity index (χ4v) is 3.00. The van der Waals surface area contributed by atoms with Gasteiger partial charge in [0.15, 0.2) is 0 Å². The molecule has 1 atom stereocenters. The van der Waals surface area contributed by atoms with E-state index in [1.54, 1.807) is 6.07 Å². The summed E-state index contributed by atoms with van der Waals surface area (Å²) in [5, 5.41) is 0.0442. The molecule has 8 heteroatoms. The van der Waals surface area contributed by atoms with Crippen LogP contribution in [0.25, 0.3) is 0 Å². The van der Waals surface area contributed by atoms with E-state index in [0.29, 0.717) is 13.2 Å². The first-order chi connectivity index (χ1) is 9.88. The van der Waals surface area contributed by atoms with Gasteiger partial charge in [-0.3, -0.25) is 4.79 Å². The van der Waals surface area contributed by atoms with Gasteiger partial charge in [0.25, 0.3) is 15.9 Å². The Hall–Kier alpha value is -1.15. The zero-order chi connectivity index (χ0) is 15.9. The van der Waals surface area contributed by atoms with Gasteiger partial charge in [0.05, 0.1) is 18.2 Å². The second-order valence-electron chi connectivity index (χ2n) is 4.11. The summed E-state index contributed by atoms with van der Waals surface area (Å²) in [7, 11) is -4.01. The molecule has 0 unspecified atom stereocenters. The van der Waals surface area contributed by atoms with E-state index < -0.39 is 22.0 Å². The average Bonchev–Trinajstić information content (AvgIpc) is 2.43. The quantitative estimate of drug-likeness (QED) is 0.729. The van der Waals surface area contributed by atoms with Crippen molar-refractivity contribution in [3.8, 4) is 0 Å². The molecule has 0 bridgehead atoms. The average molecular weight is 336 g/mol. The molecule has 0 radical (unpaired) electrons. The second kappa shape index (κ2) is 8.33. The smallest absolute Gasteiger partial charge is 0.265 e. The number of sulfonamides is 1. The number of ether oxygens (including phenoxy) is 2. The predicted octanol–water partition coefficient (Wildman–Crippen LogP) is 1.59. The Kier molecular flexibility index (Phi) is 7.10. The van der Waals surface area contributed by atoms with E-state index in [0.717, 1.165) is 0 Å². The van der Waals surface area contributed by atoms with Crippen molar-refractivity contribution in [2.45, 2.75) is 24.8 Å². The number of carbonyl (C=O) groups excluding carboxylic acids is 1.